The van der Waals surface area contributed by atoms with Gasteiger partial charge in [0.1, 0.15) is 17.7 Å². The third-order valence-corrected chi connectivity index (χ3v) is 3.91. The Balaban J connectivity index is 2.49. The van der Waals surface area contributed by atoms with E-state index in [-0.39, 0.29) is 5.82 Å². The van der Waals surface area contributed by atoms with Crippen molar-refractivity contribution < 1.29 is 14.2 Å². The van der Waals surface area contributed by atoms with E-state index >= 15 is 0 Å². The molecule has 0 saturated heterocycles. The molecule has 0 saturated carbocycles. The van der Waals surface area contributed by atoms with Gasteiger partial charge in [0, 0.05) is 14.2 Å². The van der Waals surface area contributed by atoms with E-state index in [0.717, 1.165) is 0 Å². The van der Waals surface area contributed by atoms with Gasteiger partial charge in [0.25, 0.3) is 0 Å². The largest absolute Gasteiger partial charge is 0.496 e. The van der Waals surface area contributed by atoms with Gasteiger partial charge in [-0.15, -0.1) is 0 Å². The zero-order valence-corrected chi connectivity index (χ0v) is 12.9. The van der Waals surface area contributed by atoms with Crippen molar-refractivity contribution in [1.82, 2.24) is 0 Å². The molecule has 1 N–H and O–H groups in total. The number of aliphatic hydroxyl groups is 1. The number of hydrogen-bond acceptors (Lipinski definition) is 2. The van der Waals surface area contributed by atoms with Crippen LogP contribution in [0.3, 0.4) is 0 Å². The average molecular weight is 393 g/mol. The molecule has 19 heavy (non-hydrogen) atoms. The van der Waals surface area contributed by atoms with Crippen molar-refractivity contribution in [2.45, 2.75) is 6.10 Å². The van der Waals surface area contributed by atoms with Gasteiger partial charge in [-0.2, -0.15) is 0 Å². The molecule has 2 aromatic carbocycles. The van der Waals surface area contributed by atoms with Gasteiger partial charge in [-0.25, -0.2) is 4.39 Å². The van der Waals surface area contributed by atoms with Crippen molar-refractivity contribution >= 4 is 34.2 Å². The highest BCUT2D eigenvalue weighted by atomic mass is 127. The summed E-state index contributed by atoms with van der Waals surface area (Å²) in [5, 5.41) is 10.9. The maximum absolute atomic E-state index is 13.1. The molecule has 2 aromatic rings. The summed E-state index contributed by atoms with van der Waals surface area (Å²) in [5.74, 6) is 0.204. The molecular formula is C14H11ClFIO2. The van der Waals surface area contributed by atoms with Crippen LogP contribution in [0.25, 0.3) is 0 Å². The van der Waals surface area contributed by atoms with Crippen molar-refractivity contribution in [1.29, 1.82) is 0 Å². The number of benzene rings is 2. The molecule has 0 fully saturated rings. The van der Waals surface area contributed by atoms with E-state index in [1.54, 1.807) is 24.3 Å². The van der Waals surface area contributed by atoms with Crippen LogP contribution in [0.4, 0.5) is 4.39 Å². The average Bonchev–Trinajstić information content (AvgIpc) is 2.38. The molecule has 1 unspecified atom stereocenters. The lowest BCUT2D eigenvalue weighted by Crippen LogP contribution is -2.04. The molecule has 2 rings (SSSR count). The molecule has 0 spiro atoms. The Bertz CT molecular complexity index is 604. The number of ether oxygens (including phenoxy) is 1. The van der Waals surface area contributed by atoms with Crippen LogP contribution in [-0.2, 0) is 0 Å². The first kappa shape index (κ1) is 14.6. The Kier molecular flexibility index (Phi) is 4.65. The van der Waals surface area contributed by atoms with Gasteiger partial charge < -0.3 is 9.84 Å². The van der Waals surface area contributed by atoms with E-state index in [1.807, 2.05) is 22.6 Å². The maximum atomic E-state index is 13.1. The van der Waals surface area contributed by atoms with Gasteiger partial charge in [0.2, 0.25) is 0 Å². The van der Waals surface area contributed by atoms with Gasteiger partial charge in [-0.1, -0.05) is 17.7 Å². The van der Waals surface area contributed by atoms with E-state index in [2.05, 4.69) is 0 Å². The number of aliphatic hydroxyl groups excluding tert-OH is 1. The van der Waals surface area contributed by atoms with Crippen molar-refractivity contribution in [2.24, 2.45) is 0 Å². The summed E-state index contributed by atoms with van der Waals surface area (Å²) in [6, 6.07) is 9.27. The number of halogens is 3. The summed E-state index contributed by atoms with van der Waals surface area (Å²) < 4.78 is 18.9. The van der Waals surface area contributed by atoms with Gasteiger partial charge in [-0.3, -0.25) is 0 Å². The van der Waals surface area contributed by atoms with Crippen LogP contribution >= 0.6 is 34.2 Å². The van der Waals surface area contributed by atoms with Crippen LogP contribution in [-0.4, -0.2) is 12.2 Å². The van der Waals surface area contributed by atoms with Crippen molar-refractivity contribution in [3.8, 4) is 5.75 Å². The SMILES string of the molecule is COc1ccc(Cl)cc1C(O)c1ccc(F)cc1I. The molecule has 0 heterocycles. The first-order valence-electron chi connectivity index (χ1n) is 5.49. The molecule has 5 heteroatoms. The van der Waals surface area contributed by atoms with Crippen LogP contribution in [0.2, 0.25) is 5.02 Å². The highest BCUT2D eigenvalue weighted by molar-refractivity contribution is 14.1. The highest BCUT2D eigenvalue weighted by Crippen LogP contribution is 2.34. The molecule has 100 valence electrons. The minimum absolute atomic E-state index is 0.335. The molecule has 0 radical (unpaired) electrons. The molecule has 1 atom stereocenters. The van der Waals surface area contributed by atoms with Gasteiger partial charge in [0.15, 0.2) is 0 Å². The summed E-state index contributed by atoms with van der Waals surface area (Å²) >= 11 is 7.93. The fraction of sp³-hybridized carbons (Fsp3) is 0.143. The van der Waals surface area contributed by atoms with Gasteiger partial charge >= 0.3 is 0 Å². The second-order valence-electron chi connectivity index (χ2n) is 3.95. The highest BCUT2D eigenvalue weighted by Gasteiger charge is 2.18. The third-order valence-electron chi connectivity index (χ3n) is 2.74. The Hall–Kier alpha value is -0.850. The first-order valence-corrected chi connectivity index (χ1v) is 6.95. The van der Waals surface area contributed by atoms with E-state index in [4.69, 9.17) is 16.3 Å². The molecule has 0 aliphatic rings. The monoisotopic (exact) mass is 392 g/mol. The normalized spacial score (nSPS) is 12.3. The lowest BCUT2D eigenvalue weighted by Gasteiger charge is -2.17. The number of methoxy groups -OCH3 is 1. The van der Waals surface area contributed by atoms with Crippen LogP contribution < -0.4 is 4.74 Å². The summed E-state index contributed by atoms with van der Waals surface area (Å²) in [4.78, 5) is 0. The summed E-state index contributed by atoms with van der Waals surface area (Å²) in [6.07, 6.45) is -0.916. The number of hydrogen-bond donors (Lipinski definition) is 1. The zero-order valence-electron chi connectivity index (χ0n) is 10.0. The number of rotatable bonds is 3. The van der Waals surface area contributed by atoms with E-state index in [0.29, 0.717) is 25.5 Å². The fourth-order valence-corrected chi connectivity index (χ4v) is 2.76. The van der Waals surface area contributed by atoms with Crippen LogP contribution in [0, 0.1) is 9.39 Å². The van der Waals surface area contributed by atoms with Crippen molar-refractivity contribution in [3.63, 3.8) is 0 Å². The first-order chi connectivity index (χ1) is 9.02. The topological polar surface area (TPSA) is 29.5 Å². The minimum Gasteiger partial charge on any atom is -0.496 e. The summed E-state index contributed by atoms with van der Waals surface area (Å²) in [5.41, 5.74) is 1.17. The van der Waals surface area contributed by atoms with E-state index in [1.165, 1.54) is 19.2 Å². The van der Waals surface area contributed by atoms with Crippen molar-refractivity contribution in [3.05, 3.63) is 61.9 Å². The quantitative estimate of drug-likeness (QED) is 0.794. The standard InChI is InChI=1S/C14H11ClFIO2/c1-19-13-5-2-8(15)6-11(13)14(18)10-4-3-9(16)7-12(10)17/h2-7,14,18H,1H3. The Labute approximate surface area is 129 Å². The fourth-order valence-electron chi connectivity index (χ4n) is 1.81. The smallest absolute Gasteiger partial charge is 0.125 e. The molecule has 0 bridgehead atoms. The van der Waals surface area contributed by atoms with Gasteiger partial charge in [0.05, 0.1) is 7.11 Å². The van der Waals surface area contributed by atoms with Crippen LogP contribution in [0.1, 0.15) is 17.2 Å². The third kappa shape index (κ3) is 3.19. The van der Waals surface area contributed by atoms with Crippen LogP contribution in [0.15, 0.2) is 36.4 Å². The Morgan fingerprint density at radius 1 is 1.21 bits per heavy atom. The molecule has 0 aliphatic heterocycles. The zero-order chi connectivity index (χ0) is 14.0. The van der Waals surface area contributed by atoms with Crippen molar-refractivity contribution in [2.75, 3.05) is 7.11 Å². The summed E-state index contributed by atoms with van der Waals surface area (Å²) in [7, 11) is 1.52. The lowest BCUT2D eigenvalue weighted by molar-refractivity contribution is 0.214. The molecule has 0 aliphatic carbocycles. The lowest BCUT2D eigenvalue weighted by atomic mass is 10.0. The second-order valence-corrected chi connectivity index (χ2v) is 5.55. The van der Waals surface area contributed by atoms with E-state index in [9.17, 15) is 9.50 Å². The predicted octanol–water partition coefficient (Wildman–Crippen LogP) is 4.17. The van der Waals surface area contributed by atoms with E-state index < -0.39 is 6.10 Å². The molecule has 0 aromatic heterocycles. The molecule has 0 amide bonds. The predicted molar refractivity (Wildman–Crippen MR) is 81.2 cm³/mol. The van der Waals surface area contributed by atoms with Gasteiger partial charge in [-0.05, 0) is 58.5 Å². The second kappa shape index (κ2) is 6.07. The minimum atomic E-state index is -0.916. The summed E-state index contributed by atoms with van der Waals surface area (Å²) in [6.45, 7) is 0. The Morgan fingerprint density at radius 2 is 1.95 bits per heavy atom. The Morgan fingerprint density at radius 3 is 2.58 bits per heavy atom. The maximum Gasteiger partial charge on any atom is 0.125 e. The molecular weight excluding hydrogens is 382 g/mol. The van der Waals surface area contributed by atoms with Crippen LogP contribution in [0.5, 0.6) is 5.75 Å². The molecule has 2 nitrogen and oxygen atoms in total.